The van der Waals surface area contributed by atoms with Crippen LogP contribution in [0.3, 0.4) is 0 Å². The molecule has 0 aromatic rings. The first kappa shape index (κ1) is 15.8. The molecule has 0 saturated carbocycles. The van der Waals surface area contributed by atoms with E-state index in [9.17, 15) is 4.21 Å². The minimum Gasteiger partial charge on any atom is -0.348 e. The van der Waals surface area contributed by atoms with Gasteiger partial charge in [0.1, 0.15) is 24.4 Å². The molecule has 0 bridgehead atoms. The maximum atomic E-state index is 11.5. The lowest BCUT2D eigenvalue weighted by Crippen LogP contribution is -2.44. The summed E-state index contributed by atoms with van der Waals surface area (Å²) in [5.74, 6) is -1.41. The van der Waals surface area contributed by atoms with Crippen LogP contribution in [0.1, 0.15) is 27.7 Å². The van der Waals surface area contributed by atoms with Gasteiger partial charge in [0, 0.05) is 6.26 Å². The largest absolute Gasteiger partial charge is 0.348 e. The summed E-state index contributed by atoms with van der Waals surface area (Å²) in [6, 6.07) is 0. The average molecular weight is 322 g/mol. The summed E-state index contributed by atoms with van der Waals surface area (Å²) in [5.41, 5.74) is 0. The molecule has 0 aromatic carbocycles. The standard InChI is InChI=1S/C13H22O7S/c1-12(2)15-6-7(17-12)8-9(20-21(5)14)10-11(16-8)19-13(3,4)18-10/h7-11H,6H2,1-5H3/t7-,8+,9-,10+,11+,21+/m0/s1. The van der Waals surface area contributed by atoms with Crippen molar-refractivity contribution in [2.75, 3.05) is 12.9 Å². The first-order valence-corrected chi connectivity index (χ1v) is 8.49. The highest BCUT2D eigenvalue weighted by Gasteiger charge is 2.59. The number of rotatable bonds is 3. The van der Waals surface area contributed by atoms with E-state index in [1.165, 1.54) is 6.26 Å². The van der Waals surface area contributed by atoms with Gasteiger partial charge in [-0.1, -0.05) is 0 Å². The van der Waals surface area contributed by atoms with Crippen molar-refractivity contribution in [2.45, 2.75) is 70.0 Å². The number of ether oxygens (including phenoxy) is 5. The van der Waals surface area contributed by atoms with Crippen molar-refractivity contribution in [1.82, 2.24) is 0 Å². The Morgan fingerprint density at radius 2 is 1.76 bits per heavy atom. The van der Waals surface area contributed by atoms with Gasteiger partial charge in [0.15, 0.2) is 28.9 Å². The van der Waals surface area contributed by atoms with Gasteiger partial charge in [0.05, 0.1) is 6.61 Å². The number of hydrogen-bond donors (Lipinski definition) is 0. The third-order valence-corrected chi connectivity index (χ3v) is 4.16. The topological polar surface area (TPSA) is 72.5 Å². The van der Waals surface area contributed by atoms with Crippen LogP contribution in [0.2, 0.25) is 0 Å². The monoisotopic (exact) mass is 322 g/mol. The minimum atomic E-state index is -1.44. The van der Waals surface area contributed by atoms with Gasteiger partial charge in [-0.05, 0) is 27.7 Å². The molecule has 6 atom stereocenters. The quantitative estimate of drug-likeness (QED) is 0.757. The molecule has 3 rings (SSSR count). The fourth-order valence-corrected chi connectivity index (χ4v) is 3.48. The highest BCUT2D eigenvalue weighted by molar-refractivity contribution is 7.79. The zero-order valence-corrected chi connectivity index (χ0v) is 13.7. The van der Waals surface area contributed by atoms with Crippen LogP contribution in [-0.4, -0.2) is 59.4 Å². The van der Waals surface area contributed by atoms with Crippen molar-refractivity contribution in [3.8, 4) is 0 Å². The molecule has 0 radical (unpaired) electrons. The number of fused-ring (bicyclic) bond motifs is 1. The van der Waals surface area contributed by atoms with Crippen LogP contribution in [-0.2, 0) is 38.9 Å². The van der Waals surface area contributed by atoms with Crippen LogP contribution >= 0.6 is 0 Å². The van der Waals surface area contributed by atoms with Crippen molar-refractivity contribution in [2.24, 2.45) is 0 Å². The van der Waals surface area contributed by atoms with E-state index in [2.05, 4.69) is 0 Å². The Labute approximate surface area is 126 Å². The van der Waals surface area contributed by atoms with Crippen LogP contribution in [0, 0.1) is 0 Å². The summed E-state index contributed by atoms with van der Waals surface area (Å²) in [5, 5.41) is 0. The smallest absolute Gasteiger partial charge is 0.190 e. The summed E-state index contributed by atoms with van der Waals surface area (Å²) in [4.78, 5) is 0. The van der Waals surface area contributed by atoms with E-state index < -0.39 is 47.3 Å². The van der Waals surface area contributed by atoms with Crippen LogP contribution < -0.4 is 0 Å². The SMILES string of the molecule is C[S@](=O)O[C@@H]1[C@H]2OC(C)(C)O[C@H]2O[C@@H]1[C@@H]1COC(C)(C)O1. The Hall–Kier alpha value is -0.0900. The molecule has 0 spiro atoms. The molecule has 0 aliphatic carbocycles. The molecule has 0 unspecified atom stereocenters. The molecule has 7 nitrogen and oxygen atoms in total. The molecule has 3 heterocycles. The van der Waals surface area contributed by atoms with E-state index >= 15 is 0 Å². The third-order valence-electron chi connectivity index (χ3n) is 3.67. The summed E-state index contributed by atoms with van der Waals surface area (Å²) in [6.07, 6.45) is -0.783. The maximum absolute atomic E-state index is 11.5. The van der Waals surface area contributed by atoms with Gasteiger partial charge in [-0.25, -0.2) is 4.21 Å². The Morgan fingerprint density at radius 1 is 1.05 bits per heavy atom. The molecule has 3 aliphatic heterocycles. The van der Waals surface area contributed by atoms with E-state index in [1.807, 2.05) is 27.7 Å². The Balaban J connectivity index is 1.77. The highest BCUT2D eigenvalue weighted by atomic mass is 32.2. The molecule has 3 aliphatic rings. The van der Waals surface area contributed by atoms with Crippen LogP contribution in [0.4, 0.5) is 0 Å². The summed E-state index contributed by atoms with van der Waals surface area (Å²) < 4.78 is 45.8. The Kier molecular flexibility index (Phi) is 3.93. The first-order valence-electron chi connectivity index (χ1n) is 7.00. The maximum Gasteiger partial charge on any atom is 0.190 e. The van der Waals surface area contributed by atoms with E-state index in [0.29, 0.717) is 6.61 Å². The van der Waals surface area contributed by atoms with Crippen LogP contribution in [0.15, 0.2) is 0 Å². The summed E-state index contributed by atoms with van der Waals surface area (Å²) in [7, 11) is 0. The number of hydrogen-bond acceptors (Lipinski definition) is 7. The first-order chi connectivity index (χ1) is 9.67. The van der Waals surface area contributed by atoms with Gasteiger partial charge in [-0.15, -0.1) is 0 Å². The van der Waals surface area contributed by atoms with Crippen LogP contribution in [0.5, 0.6) is 0 Å². The minimum absolute atomic E-state index is 0.311. The summed E-state index contributed by atoms with van der Waals surface area (Å²) >= 11 is -1.44. The lowest BCUT2D eigenvalue weighted by Gasteiger charge is -2.28. The van der Waals surface area contributed by atoms with Gasteiger partial charge in [-0.2, -0.15) is 0 Å². The van der Waals surface area contributed by atoms with Crippen molar-refractivity contribution in [3.63, 3.8) is 0 Å². The van der Waals surface area contributed by atoms with E-state index in [0.717, 1.165) is 0 Å². The molecule has 3 saturated heterocycles. The van der Waals surface area contributed by atoms with Crippen molar-refractivity contribution in [3.05, 3.63) is 0 Å². The van der Waals surface area contributed by atoms with Crippen LogP contribution in [0.25, 0.3) is 0 Å². The Bertz CT molecular complexity index is 438. The molecule has 0 amide bonds. The fourth-order valence-electron chi connectivity index (χ4n) is 2.95. The predicted molar refractivity (Wildman–Crippen MR) is 72.5 cm³/mol. The van der Waals surface area contributed by atoms with Gasteiger partial charge >= 0.3 is 0 Å². The van der Waals surface area contributed by atoms with Gasteiger partial charge in [0.25, 0.3) is 0 Å². The lowest BCUT2D eigenvalue weighted by molar-refractivity contribution is -0.230. The van der Waals surface area contributed by atoms with Crippen molar-refractivity contribution < 1.29 is 32.1 Å². The van der Waals surface area contributed by atoms with E-state index in [-0.39, 0.29) is 6.10 Å². The molecule has 122 valence electrons. The third kappa shape index (κ3) is 3.17. The Morgan fingerprint density at radius 3 is 2.33 bits per heavy atom. The van der Waals surface area contributed by atoms with Crippen molar-refractivity contribution in [1.29, 1.82) is 0 Å². The molecule has 21 heavy (non-hydrogen) atoms. The zero-order valence-electron chi connectivity index (χ0n) is 12.9. The molecule has 0 aromatic heterocycles. The molecular formula is C13H22O7S. The van der Waals surface area contributed by atoms with Gasteiger partial charge in [-0.3, -0.25) is 4.18 Å². The predicted octanol–water partition coefficient (Wildman–Crippen LogP) is 0.693. The van der Waals surface area contributed by atoms with Crippen molar-refractivity contribution >= 4 is 11.1 Å². The zero-order chi connectivity index (χ0) is 15.4. The summed E-state index contributed by atoms with van der Waals surface area (Å²) in [6.45, 7) is 7.68. The molecule has 0 N–H and O–H groups in total. The lowest BCUT2D eigenvalue weighted by atomic mass is 10.1. The second-order valence-corrected chi connectivity index (χ2v) is 7.39. The fraction of sp³-hybridized carbons (Fsp3) is 1.00. The van der Waals surface area contributed by atoms with Gasteiger partial charge < -0.3 is 23.7 Å². The highest BCUT2D eigenvalue weighted by Crippen LogP contribution is 2.42. The molecular weight excluding hydrogens is 300 g/mol. The molecule has 8 heteroatoms. The average Bonchev–Trinajstić information content (AvgIpc) is 2.90. The molecule has 3 fully saturated rings. The second-order valence-electron chi connectivity index (χ2n) is 6.40. The van der Waals surface area contributed by atoms with E-state index in [4.69, 9.17) is 27.9 Å². The van der Waals surface area contributed by atoms with Gasteiger partial charge in [0.2, 0.25) is 0 Å². The van der Waals surface area contributed by atoms with E-state index in [1.54, 1.807) is 0 Å². The normalized spacial score (nSPS) is 45.7. The second kappa shape index (κ2) is 5.23.